The van der Waals surface area contributed by atoms with Crippen LogP contribution in [0.5, 0.6) is 0 Å². The third kappa shape index (κ3) is 5.83. The highest BCUT2D eigenvalue weighted by Gasteiger charge is 2.34. The number of aromatic amines is 1. The molecule has 0 bridgehead atoms. The molecule has 4 aromatic rings. The minimum atomic E-state index is -4.54. The zero-order valence-corrected chi connectivity index (χ0v) is 19.6. The number of nitrogens with one attached hydrogen (secondary N) is 4. The first-order valence-electron chi connectivity index (χ1n) is 11.6. The molecule has 5 rings (SSSR count). The summed E-state index contributed by atoms with van der Waals surface area (Å²) in [6, 6.07) is 13.3. The van der Waals surface area contributed by atoms with Crippen LogP contribution in [0.1, 0.15) is 11.1 Å². The van der Waals surface area contributed by atoms with Crippen LogP contribution in [0.25, 0.3) is 22.2 Å². The maximum atomic E-state index is 13.7. The lowest BCUT2D eigenvalue weighted by molar-refractivity contribution is -0.138. The van der Waals surface area contributed by atoms with E-state index in [9.17, 15) is 18.0 Å². The largest absolute Gasteiger partial charge is 0.416 e. The van der Waals surface area contributed by atoms with Crippen LogP contribution < -0.4 is 16.0 Å². The van der Waals surface area contributed by atoms with E-state index in [1.807, 2.05) is 30.3 Å². The van der Waals surface area contributed by atoms with Gasteiger partial charge in [0.15, 0.2) is 5.65 Å². The number of alkyl halides is 3. The van der Waals surface area contributed by atoms with Crippen LogP contribution in [-0.4, -0.2) is 45.6 Å². The number of aromatic nitrogens is 3. The number of hydrogen-bond acceptors (Lipinski definition) is 6. The minimum absolute atomic E-state index is 0.0937. The summed E-state index contributed by atoms with van der Waals surface area (Å²) < 4.78 is 41.2. The number of amides is 1. The molecule has 3 heterocycles. The van der Waals surface area contributed by atoms with Gasteiger partial charge in [-0.3, -0.25) is 9.89 Å². The summed E-state index contributed by atoms with van der Waals surface area (Å²) in [5.41, 5.74) is 2.77. The Morgan fingerprint density at radius 1 is 1.03 bits per heavy atom. The lowest BCUT2D eigenvalue weighted by Crippen LogP contribution is -2.31. The van der Waals surface area contributed by atoms with E-state index in [1.54, 1.807) is 29.7 Å². The van der Waals surface area contributed by atoms with Crippen LogP contribution in [0, 0.1) is 0 Å². The van der Waals surface area contributed by atoms with Crippen molar-refractivity contribution in [3.63, 3.8) is 0 Å². The van der Waals surface area contributed by atoms with Crippen LogP contribution in [0.2, 0.25) is 0 Å². The molecule has 0 fully saturated rings. The van der Waals surface area contributed by atoms with Gasteiger partial charge in [0, 0.05) is 60.6 Å². The Hall–Kier alpha value is -4.54. The van der Waals surface area contributed by atoms with Gasteiger partial charge in [0.25, 0.3) is 0 Å². The Morgan fingerprint density at radius 2 is 1.84 bits per heavy atom. The van der Waals surface area contributed by atoms with Crippen molar-refractivity contribution in [3.05, 3.63) is 84.5 Å². The van der Waals surface area contributed by atoms with Crippen molar-refractivity contribution in [1.29, 1.82) is 0 Å². The monoisotopic (exact) mass is 507 g/mol. The van der Waals surface area contributed by atoms with Crippen molar-refractivity contribution in [1.82, 2.24) is 25.4 Å². The summed E-state index contributed by atoms with van der Waals surface area (Å²) in [4.78, 5) is 18.6. The Bertz CT molecular complexity index is 1430. The lowest BCUT2D eigenvalue weighted by Gasteiger charge is -2.26. The Labute approximate surface area is 210 Å². The van der Waals surface area contributed by atoms with Gasteiger partial charge in [-0.25, -0.2) is 4.98 Å². The number of carbonyl (C=O) groups is 1. The highest BCUT2D eigenvalue weighted by Crippen LogP contribution is 2.34. The maximum absolute atomic E-state index is 13.7. The molecule has 1 amide bonds. The zero-order chi connectivity index (χ0) is 25.8. The zero-order valence-electron chi connectivity index (χ0n) is 19.6. The molecule has 1 aliphatic rings. The van der Waals surface area contributed by atoms with E-state index in [2.05, 4.69) is 31.1 Å². The third-order valence-corrected chi connectivity index (χ3v) is 5.98. The molecule has 0 aliphatic carbocycles. The van der Waals surface area contributed by atoms with Crippen molar-refractivity contribution in [2.45, 2.75) is 12.7 Å². The molecule has 0 unspecified atom stereocenters. The molecule has 190 valence electrons. The molecule has 37 heavy (non-hydrogen) atoms. The molecule has 0 radical (unpaired) electrons. The fourth-order valence-corrected chi connectivity index (χ4v) is 4.09. The second-order valence-electron chi connectivity index (χ2n) is 8.62. The fraction of sp³-hybridized carbons (Fsp3) is 0.192. The normalized spacial score (nSPS) is 13.4. The van der Waals surface area contributed by atoms with Gasteiger partial charge in [-0.2, -0.15) is 18.3 Å². The molecule has 8 nitrogen and oxygen atoms in total. The molecule has 2 aromatic heterocycles. The van der Waals surface area contributed by atoms with Crippen molar-refractivity contribution < 1.29 is 18.0 Å². The number of benzene rings is 2. The number of hydrogen-bond donors (Lipinski definition) is 4. The summed E-state index contributed by atoms with van der Waals surface area (Å²) in [7, 11) is 0. The third-order valence-electron chi connectivity index (χ3n) is 5.98. The van der Waals surface area contributed by atoms with E-state index in [0.29, 0.717) is 24.4 Å². The molecule has 1 aliphatic heterocycles. The molecule has 11 heteroatoms. The van der Waals surface area contributed by atoms with Gasteiger partial charge in [0.05, 0.1) is 18.3 Å². The second-order valence-corrected chi connectivity index (χ2v) is 8.62. The van der Waals surface area contributed by atoms with Crippen molar-refractivity contribution in [2.24, 2.45) is 0 Å². The van der Waals surface area contributed by atoms with Crippen molar-refractivity contribution >= 4 is 28.3 Å². The highest BCUT2D eigenvalue weighted by molar-refractivity contribution is 5.94. The SMILES string of the molecule is O=C(CNc1ccc(-c2cnc3[nH]ncc3c2)cc1)Nc1ccc(CN2C=CNCC2)c(C(F)(F)F)c1. The number of rotatable bonds is 7. The van der Waals surface area contributed by atoms with E-state index in [1.165, 1.54) is 12.1 Å². The number of pyridine rings is 1. The standard InChI is InChI=1S/C26H24F3N7O/c27-26(28,29)23-12-22(6-3-18(23)16-36-9-7-30-8-10-36)34-24(37)15-31-21-4-1-17(2-5-21)19-11-20-14-33-35-25(20)32-13-19/h1-7,9,11-14,30-31H,8,10,15-16H2,(H,34,37)(H,32,33,35). The van der Waals surface area contributed by atoms with Gasteiger partial charge in [-0.05, 0) is 41.5 Å². The Kier molecular flexibility index (Phi) is 6.67. The quantitative estimate of drug-likeness (QED) is 0.293. The summed E-state index contributed by atoms with van der Waals surface area (Å²) in [5.74, 6) is -0.454. The molecular weight excluding hydrogens is 483 g/mol. The number of fused-ring (bicyclic) bond motifs is 1. The predicted molar refractivity (Wildman–Crippen MR) is 135 cm³/mol. The van der Waals surface area contributed by atoms with Crippen LogP contribution in [0.3, 0.4) is 0 Å². The average Bonchev–Trinajstić information content (AvgIpc) is 3.37. The van der Waals surface area contributed by atoms with Gasteiger partial charge in [-0.15, -0.1) is 0 Å². The minimum Gasteiger partial charge on any atom is -0.388 e. The summed E-state index contributed by atoms with van der Waals surface area (Å²) in [5, 5.41) is 16.2. The van der Waals surface area contributed by atoms with Crippen LogP contribution in [-0.2, 0) is 17.5 Å². The van der Waals surface area contributed by atoms with Gasteiger partial charge in [0.2, 0.25) is 5.91 Å². The molecule has 2 aromatic carbocycles. The number of carbonyl (C=O) groups excluding carboxylic acids is 1. The fourth-order valence-electron chi connectivity index (χ4n) is 4.09. The van der Waals surface area contributed by atoms with Gasteiger partial charge >= 0.3 is 6.18 Å². The Balaban J connectivity index is 1.20. The number of H-pyrrole nitrogens is 1. The summed E-state index contributed by atoms with van der Waals surface area (Å²) >= 11 is 0. The molecular formula is C26H24F3N7O. The smallest absolute Gasteiger partial charge is 0.388 e. The van der Waals surface area contributed by atoms with E-state index >= 15 is 0 Å². The molecule has 4 N–H and O–H groups in total. The van der Waals surface area contributed by atoms with E-state index in [-0.39, 0.29) is 24.3 Å². The predicted octanol–water partition coefficient (Wildman–Crippen LogP) is 4.57. The average molecular weight is 508 g/mol. The van der Waals surface area contributed by atoms with Crippen LogP contribution in [0.4, 0.5) is 24.5 Å². The maximum Gasteiger partial charge on any atom is 0.416 e. The topological polar surface area (TPSA) is 98.0 Å². The highest BCUT2D eigenvalue weighted by atomic mass is 19.4. The molecule has 0 spiro atoms. The molecule has 0 saturated heterocycles. The lowest BCUT2D eigenvalue weighted by atomic mass is 10.0. The number of anilines is 2. The van der Waals surface area contributed by atoms with E-state index in [4.69, 9.17) is 0 Å². The number of halogens is 3. The van der Waals surface area contributed by atoms with Crippen molar-refractivity contribution in [2.75, 3.05) is 30.3 Å². The molecule has 0 atom stereocenters. The van der Waals surface area contributed by atoms with E-state index < -0.39 is 17.6 Å². The summed E-state index contributed by atoms with van der Waals surface area (Å²) in [6.45, 7) is 1.30. The van der Waals surface area contributed by atoms with Gasteiger partial charge < -0.3 is 20.9 Å². The van der Waals surface area contributed by atoms with Crippen molar-refractivity contribution in [3.8, 4) is 11.1 Å². The second kappa shape index (κ2) is 10.2. The first kappa shape index (κ1) is 24.2. The number of nitrogens with zero attached hydrogens (tertiary/aromatic N) is 3. The first-order valence-corrected chi connectivity index (χ1v) is 11.6. The van der Waals surface area contributed by atoms with Gasteiger partial charge in [-0.1, -0.05) is 18.2 Å². The van der Waals surface area contributed by atoms with E-state index in [0.717, 1.165) is 22.6 Å². The first-order chi connectivity index (χ1) is 17.8. The van der Waals surface area contributed by atoms with Crippen LogP contribution in [0.15, 0.2) is 73.3 Å². The van der Waals surface area contributed by atoms with Crippen LogP contribution >= 0.6 is 0 Å². The molecule has 0 saturated carbocycles. The summed E-state index contributed by atoms with van der Waals surface area (Å²) in [6.07, 6.45) is 2.35. The van der Waals surface area contributed by atoms with Gasteiger partial charge in [0.1, 0.15) is 0 Å². The Morgan fingerprint density at radius 3 is 2.59 bits per heavy atom.